The molecule has 0 aromatic carbocycles. The molecule has 0 radical (unpaired) electrons. The van der Waals surface area contributed by atoms with Gasteiger partial charge in [-0.15, -0.1) is 0 Å². The molecule has 0 atom stereocenters. The van der Waals surface area contributed by atoms with Gasteiger partial charge in [0, 0.05) is 0 Å². The van der Waals surface area contributed by atoms with Crippen molar-refractivity contribution in [1.29, 1.82) is 0 Å². The minimum atomic E-state index is 0.438. The second-order valence-electron chi connectivity index (χ2n) is 2.70. The highest BCUT2D eigenvalue weighted by atomic mass is 35.5. The number of hydrogen-bond donors (Lipinski definition) is 0. The van der Waals surface area contributed by atoms with Crippen molar-refractivity contribution < 1.29 is 0 Å². The highest BCUT2D eigenvalue weighted by molar-refractivity contribution is 6.32. The van der Waals surface area contributed by atoms with Gasteiger partial charge in [-0.1, -0.05) is 37.0 Å². The summed E-state index contributed by atoms with van der Waals surface area (Å²) in [5.74, 6) is 0.438. The first-order chi connectivity index (χ1) is 5.09. The van der Waals surface area contributed by atoms with E-state index in [4.69, 9.17) is 23.2 Å². The Morgan fingerprint density at radius 2 is 1.64 bits per heavy atom. The van der Waals surface area contributed by atoms with E-state index in [0.29, 0.717) is 16.2 Å². The maximum atomic E-state index is 5.70. The Kier molecular flexibility index (Phi) is 2.74. The van der Waals surface area contributed by atoms with Crippen LogP contribution in [0.3, 0.4) is 0 Å². The van der Waals surface area contributed by atoms with Gasteiger partial charge in [-0.3, -0.25) is 0 Å². The van der Waals surface area contributed by atoms with Gasteiger partial charge in [0.15, 0.2) is 0 Å². The van der Waals surface area contributed by atoms with E-state index < -0.39 is 0 Å². The molecule has 60 valence electrons. The van der Waals surface area contributed by atoms with Crippen LogP contribution in [0.1, 0.15) is 25.3 Å². The summed E-state index contributed by atoms with van der Waals surface area (Å²) in [6.07, 6.45) is 0. The molecule has 0 amide bonds. The predicted octanol–water partition coefficient (Wildman–Crippen LogP) is 3.51. The lowest BCUT2D eigenvalue weighted by atomic mass is 10.1. The van der Waals surface area contributed by atoms with Gasteiger partial charge in [-0.2, -0.15) is 0 Å². The molecule has 0 unspecified atom stereocenters. The van der Waals surface area contributed by atoms with Gasteiger partial charge in [0.1, 0.15) is 10.3 Å². The molecule has 0 aliphatic rings. The average molecular weight is 190 g/mol. The molecule has 0 aliphatic heterocycles. The van der Waals surface area contributed by atoms with Crippen LogP contribution in [0.25, 0.3) is 0 Å². The molecular weight excluding hydrogens is 181 g/mol. The molecule has 0 saturated heterocycles. The molecular formula is C8H9Cl2N. The summed E-state index contributed by atoms with van der Waals surface area (Å²) in [7, 11) is 0. The lowest BCUT2D eigenvalue weighted by Gasteiger charge is -2.04. The Morgan fingerprint density at radius 3 is 2.00 bits per heavy atom. The lowest BCUT2D eigenvalue weighted by molar-refractivity contribution is 0.863. The maximum absolute atomic E-state index is 5.70. The van der Waals surface area contributed by atoms with E-state index in [-0.39, 0.29) is 0 Å². The van der Waals surface area contributed by atoms with Crippen molar-refractivity contribution in [3.05, 3.63) is 28.0 Å². The number of nitrogens with zero attached hydrogens (tertiary/aromatic N) is 1. The first-order valence-electron chi connectivity index (χ1n) is 3.42. The van der Waals surface area contributed by atoms with Gasteiger partial charge in [-0.25, -0.2) is 4.98 Å². The van der Waals surface area contributed by atoms with E-state index in [1.807, 2.05) is 12.1 Å². The van der Waals surface area contributed by atoms with Crippen LogP contribution in [0, 0.1) is 0 Å². The predicted molar refractivity (Wildman–Crippen MR) is 48.3 cm³/mol. The highest BCUT2D eigenvalue weighted by Crippen LogP contribution is 2.20. The van der Waals surface area contributed by atoms with Crippen molar-refractivity contribution in [3.63, 3.8) is 0 Å². The van der Waals surface area contributed by atoms with Gasteiger partial charge < -0.3 is 0 Å². The molecule has 0 saturated carbocycles. The molecule has 1 rings (SSSR count). The van der Waals surface area contributed by atoms with Crippen LogP contribution in [-0.4, -0.2) is 4.98 Å². The first kappa shape index (κ1) is 8.82. The van der Waals surface area contributed by atoms with E-state index in [0.717, 1.165) is 5.56 Å². The molecule has 0 spiro atoms. The average Bonchev–Trinajstić information content (AvgIpc) is 1.85. The minimum Gasteiger partial charge on any atom is -0.224 e. The summed E-state index contributed by atoms with van der Waals surface area (Å²) in [5.41, 5.74) is 1.12. The van der Waals surface area contributed by atoms with Crippen molar-refractivity contribution >= 4 is 23.2 Å². The summed E-state index contributed by atoms with van der Waals surface area (Å²) in [6.45, 7) is 4.17. The van der Waals surface area contributed by atoms with Crippen LogP contribution in [-0.2, 0) is 0 Å². The molecule has 3 heteroatoms. The quantitative estimate of drug-likeness (QED) is 0.617. The van der Waals surface area contributed by atoms with E-state index in [2.05, 4.69) is 18.8 Å². The molecule has 0 N–H and O–H groups in total. The number of pyridine rings is 1. The second-order valence-corrected chi connectivity index (χ2v) is 3.48. The smallest absolute Gasteiger partial charge is 0.131 e. The first-order valence-corrected chi connectivity index (χ1v) is 4.18. The third kappa shape index (κ3) is 2.35. The zero-order valence-corrected chi connectivity index (χ0v) is 7.95. The summed E-state index contributed by atoms with van der Waals surface area (Å²) < 4.78 is 0. The van der Waals surface area contributed by atoms with Crippen molar-refractivity contribution in [3.8, 4) is 0 Å². The van der Waals surface area contributed by atoms with E-state index in [1.54, 1.807) is 0 Å². The van der Waals surface area contributed by atoms with Crippen LogP contribution < -0.4 is 0 Å². The van der Waals surface area contributed by atoms with Crippen LogP contribution >= 0.6 is 23.2 Å². The number of rotatable bonds is 1. The zero-order valence-electron chi connectivity index (χ0n) is 6.44. The number of aromatic nitrogens is 1. The molecule has 1 aromatic rings. The minimum absolute atomic E-state index is 0.438. The second kappa shape index (κ2) is 3.42. The summed E-state index contributed by atoms with van der Waals surface area (Å²) in [4.78, 5) is 3.85. The van der Waals surface area contributed by atoms with Gasteiger partial charge in [-0.05, 0) is 23.6 Å². The lowest BCUT2D eigenvalue weighted by Crippen LogP contribution is -1.88. The molecule has 1 heterocycles. The van der Waals surface area contributed by atoms with Gasteiger partial charge in [0.05, 0.1) is 0 Å². The molecule has 1 aromatic heterocycles. The van der Waals surface area contributed by atoms with Crippen molar-refractivity contribution in [2.24, 2.45) is 0 Å². The van der Waals surface area contributed by atoms with Crippen LogP contribution in [0.4, 0.5) is 0 Å². The summed E-state index contributed by atoms with van der Waals surface area (Å²) in [5, 5.41) is 0.919. The molecule has 0 fully saturated rings. The van der Waals surface area contributed by atoms with Gasteiger partial charge in [0.2, 0.25) is 0 Å². The number of halogens is 2. The van der Waals surface area contributed by atoms with Gasteiger partial charge >= 0.3 is 0 Å². The fourth-order valence-electron chi connectivity index (χ4n) is 0.817. The van der Waals surface area contributed by atoms with Crippen LogP contribution in [0.15, 0.2) is 12.1 Å². The van der Waals surface area contributed by atoms with Crippen molar-refractivity contribution in [1.82, 2.24) is 4.98 Å². The Hall–Kier alpha value is -0.270. The fourth-order valence-corrected chi connectivity index (χ4v) is 1.29. The third-order valence-corrected chi connectivity index (χ3v) is 1.84. The molecule has 1 nitrogen and oxygen atoms in total. The molecule has 0 bridgehead atoms. The van der Waals surface area contributed by atoms with E-state index >= 15 is 0 Å². The van der Waals surface area contributed by atoms with Crippen molar-refractivity contribution in [2.75, 3.05) is 0 Å². The van der Waals surface area contributed by atoms with Gasteiger partial charge in [0.25, 0.3) is 0 Å². The van der Waals surface area contributed by atoms with Crippen molar-refractivity contribution in [2.45, 2.75) is 19.8 Å². The maximum Gasteiger partial charge on any atom is 0.131 e. The fraction of sp³-hybridized carbons (Fsp3) is 0.375. The third-order valence-electron chi connectivity index (χ3n) is 1.45. The normalized spacial score (nSPS) is 10.6. The summed E-state index contributed by atoms with van der Waals surface area (Å²) in [6, 6.07) is 3.66. The molecule has 11 heavy (non-hydrogen) atoms. The SMILES string of the molecule is CC(C)c1cc(Cl)nc(Cl)c1. The largest absolute Gasteiger partial charge is 0.224 e. The summed E-state index contributed by atoms with van der Waals surface area (Å²) >= 11 is 11.4. The van der Waals surface area contributed by atoms with Crippen LogP contribution in [0.2, 0.25) is 10.3 Å². The Morgan fingerprint density at radius 1 is 1.18 bits per heavy atom. The zero-order chi connectivity index (χ0) is 8.43. The Balaban J connectivity index is 3.08. The Bertz CT molecular complexity index is 238. The highest BCUT2D eigenvalue weighted by Gasteiger charge is 2.02. The monoisotopic (exact) mass is 189 g/mol. The van der Waals surface area contributed by atoms with Crippen LogP contribution in [0.5, 0.6) is 0 Å². The molecule has 0 aliphatic carbocycles. The van der Waals surface area contributed by atoms with E-state index in [9.17, 15) is 0 Å². The topological polar surface area (TPSA) is 12.9 Å². The van der Waals surface area contributed by atoms with E-state index in [1.165, 1.54) is 0 Å². The standard InChI is InChI=1S/C8H9Cl2N/c1-5(2)6-3-7(9)11-8(10)4-6/h3-5H,1-2H3. The number of hydrogen-bond acceptors (Lipinski definition) is 1. The Labute approximate surface area is 76.4 Å².